The number of ketones is 2. The number of alkyl carbamates (subject to hydrolysis) is 1. The topological polar surface area (TPSA) is 114 Å². The molecule has 1 aromatic carbocycles. The van der Waals surface area contributed by atoms with Crippen LogP contribution in [0.2, 0.25) is 0 Å². The summed E-state index contributed by atoms with van der Waals surface area (Å²) in [6.07, 6.45) is 5.18. The van der Waals surface area contributed by atoms with Crippen LogP contribution in [0, 0.1) is 11.8 Å². The van der Waals surface area contributed by atoms with Crippen LogP contribution in [0.5, 0.6) is 0 Å². The molecule has 0 radical (unpaired) electrons. The van der Waals surface area contributed by atoms with E-state index in [-0.39, 0.29) is 31.1 Å². The smallest absolute Gasteiger partial charge is 0.408 e. The van der Waals surface area contributed by atoms with Crippen molar-refractivity contribution in [1.82, 2.24) is 15.0 Å². The second-order valence-corrected chi connectivity index (χ2v) is 10.6. The molecule has 2 heterocycles. The highest BCUT2D eigenvalue weighted by Crippen LogP contribution is 2.24. The number of carbonyl (C=O) groups is 4. The molecule has 8 nitrogen and oxygen atoms in total. The summed E-state index contributed by atoms with van der Waals surface area (Å²) in [5.74, 6) is -2.24. The first-order valence-electron chi connectivity index (χ1n) is 12.6. The molecular weight excluding hydrogens is 478 g/mol. The molecule has 2 unspecified atom stereocenters. The Balaban J connectivity index is 1.71. The SMILES string of the molecule is CC(C)CC(NC(=O)OCc1ccccc1)C(=O)CC1Cc2cnsc2CCCCCNC(=O)C1=O. The molecule has 3 rings (SSSR count). The second kappa shape index (κ2) is 13.9. The molecule has 0 bridgehead atoms. The predicted octanol–water partition coefficient (Wildman–Crippen LogP) is 4.01. The van der Waals surface area contributed by atoms with Crippen LogP contribution in [-0.2, 0) is 38.6 Å². The van der Waals surface area contributed by atoms with Crippen molar-refractivity contribution < 1.29 is 23.9 Å². The largest absolute Gasteiger partial charge is 0.445 e. The van der Waals surface area contributed by atoms with Crippen molar-refractivity contribution >= 4 is 35.1 Å². The molecule has 0 spiro atoms. The molecular formula is C27H35N3O5S. The van der Waals surface area contributed by atoms with E-state index < -0.39 is 29.7 Å². The van der Waals surface area contributed by atoms with Gasteiger partial charge in [0.15, 0.2) is 5.78 Å². The van der Waals surface area contributed by atoms with Crippen molar-refractivity contribution in [2.75, 3.05) is 6.54 Å². The van der Waals surface area contributed by atoms with Crippen LogP contribution in [-0.4, -0.2) is 40.5 Å². The molecule has 36 heavy (non-hydrogen) atoms. The van der Waals surface area contributed by atoms with Crippen molar-refractivity contribution in [1.29, 1.82) is 0 Å². The molecule has 2 amide bonds. The third-order valence-corrected chi connectivity index (χ3v) is 7.10. The van der Waals surface area contributed by atoms with Gasteiger partial charge in [0.2, 0.25) is 5.78 Å². The molecule has 2 aromatic rings. The average Bonchev–Trinajstić information content (AvgIpc) is 3.29. The molecule has 0 saturated carbocycles. The molecule has 0 saturated heterocycles. The Labute approximate surface area is 216 Å². The summed E-state index contributed by atoms with van der Waals surface area (Å²) in [6, 6.07) is 8.46. The molecule has 9 heteroatoms. The fourth-order valence-electron chi connectivity index (χ4n) is 4.28. The third-order valence-electron chi connectivity index (χ3n) is 6.20. The lowest BCUT2D eigenvalue weighted by Crippen LogP contribution is -2.44. The maximum atomic E-state index is 13.4. The Bertz CT molecular complexity index is 1040. The number of aryl methyl sites for hydroxylation is 1. The molecule has 1 aliphatic heterocycles. The van der Waals surface area contributed by atoms with Gasteiger partial charge in [0, 0.05) is 30.0 Å². The molecule has 0 fully saturated rings. The number of nitrogens with zero attached hydrogens (tertiary/aromatic N) is 1. The first-order chi connectivity index (χ1) is 17.3. The van der Waals surface area contributed by atoms with E-state index in [1.807, 2.05) is 44.2 Å². The summed E-state index contributed by atoms with van der Waals surface area (Å²) in [5.41, 5.74) is 1.75. The number of aromatic nitrogens is 1. The monoisotopic (exact) mass is 513 g/mol. The Morgan fingerprint density at radius 3 is 2.69 bits per heavy atom. The van der Waals surface area contributed by atoms with E-state index in [0.717, 1.165) is 41.7 Å². The summed E-state index contributed by atoms with van der Waals surface area (Å²) in [5, 5.41) is 5.38. The van der Waals surface area contributed by atoms with Crippen LogP contribution in [0.15, 0.2) is 36.5 Å². The number of benzene rings is 1. The van der Waals surface area contributed by atoms with E-state index in [0.29, 0.717) is 13.0 Å². The van der Waals surface area contributed by atoms with Crippen LogP contribution < -0.4 is 10.6 Å². The van der Waals surface area contributed by atoms with E-state index >= 15 is 0 Å². The summed E-state index contributed by atoms with van der Waals surface area (Å²) < 4.78 is 9.59. The van der Waals surface area contributed by atoms with Gasteiger partial charge in [-0.3, -0.25) is 14.4 Å². The normalized spacial score (nSPS) is 17.8. The van der Waals surface area contributed by atoms with Crippen molar-refractivity contribution in [2.24, 2.45) is 11.8 Å². The molecule has 1 aliphatic rings. The Kier molecular flexibility index (Phi) is 10.6. The highest BCUT2D eigenvalue weighted by Gasteiger charge is 2.32. The maximum absolute atomic E-state index is 13.4. The highest BCUT2D eigenvalue weighted by molar-refractivity contribution is 7.05. The van der Waals surface area contributed by atoms with Gasteiger partial charge in [-0.15, -0.1) is 0 Å². The summed E-state index contributed by atoms with van der Waals surface area (Å²) in [6.45, 7) is 4.43. The fraction of sp³-hybridized carbons (Fsp3) is 0.519. The number of hydrogen-bond acceptors (Lipinski definition) is 7. The number of carbonyl (C=O) groups excluding carboxylic acids is 4. The Hall–Kier alpha value is -3.07. The maximum Gasteiger partial charge on any atom is 0.408 e. The standard InChI is InChI=1S/C27H35N3O5S/c1-18(2)13-22(30-27(34)35-17-19-9-5-3-6-10-19)23(31)15-20-14-21-16-29-36-24(21)11-7-4-8-12-28-26(33)25(20)32/h3,5-6,9-10,16,18,20,22H,4,7-8,11-15,17H2,1-2H3,(H,28,33)(H,30,34). The average molecular weight is 514 g/mol. The minimum atomic E-state index is -0.816. The summed E-state index contributed by atoms with van der Waals surface area (Å²) in [4.78, 5) is 52.6. The number of ether oxygens (including phenoxy) is 1. The number of hydrogen-bond donors (Lipinski definition) is 2. The lowest BCUT2D eigenvalue weighted by Gasteiger charge is -2.22. The van der Waals surface area contributed by atoms with Gasteiger partial charge < -0.3 is 15.4 Å². The molecule has 0 aliphatic carbocycles. The van der Waals surface area contributed by atoms with Gasteiger partial charge in [-0.25, -0.2) is 9.17 Å². The third kappa shape index (κ3) is 8.55. The highest BCUT2D eigenvalue weighted by atomic mass is 32.1. The number of fused-ring (bicyclic) bond motifs is 1. The second-order valence-electron chi connectivity index (χ2n) is 9.66. The number of Topliss-reactive ketones (excluding diaryl/α,β-unsaturated/α-hetero) is 2. The number of amides is 2. The summed E-state index contributed by atoms with van der Waals surface area (Å²) >= 11 is 1.41. The van der Waals surface area contributed by atoms with E-state index in [9.17, 15) is 19.2 Å². The van der Waals surface area contributed by atoms with Gasteiger partial charge in [0.05, 0.1) is 6.04 Å². The van der Waals surface area contributed by atoms with Crippen molar-refractivity contribution in [3.05, 3.63) is 52.5 Å². The Morgan fingerprint density at radius 2 is 1.94 bits per heavy atom. The quantitative estimate of drug-likeness (QED) is 0.516. The molecule has 1 aromatic heterocycles. The van der Waals surface area contributed by atoms with E-state index in [1.165, 1.54) is 11.5 Å². The first-order valence-corrected chi connectivity index (χ1v) is 13.3. The van der Waals surface area contributed by atoms with Gasteiger partial charge >= 0.3 is 6.09 Å². The predicted molar refractivity (Wildman–Crippen MR) is 138 cm³/mol. The van der Waals surface area contributed by atoms with Crippen LogP contribution in [0.4, 0.5) is 4.79 Å². The molecule has 194 valence electrons. The summed E-state index contributed by atoms with van der Waals surface area (Å²) in [7, 11) is 0. The molecule has 2 atom stereocenters. The molecule has 2 N–H and O–H groups in total. The van der Waals surface area contributed by atoms with Gasteiger partial charge in [-0.2, -0.15) is 0 Å². The van der Waals surface area contributed by atoms with Crippen LogP contribution >= 0.6 is 11.5 Å². The van der Waals surface area contributed by atoms with Crippen molar-refractivity contribution in [3.8, 4) is 0 Å². The minimum Gasteiger partial charge on any atom is -0.445 e. The number of nitrogens with one attached hydrogen (secondary N) is 2. The zero-order chi connectivity index (χ0) is 25.9. The van der Waals surface area contributed by atoms with Crippen LogP contribution in [0.1, 0.15) is 62.0 Å². The van der Waals surface area contributed by atoms with Gasteiger partial charge in [0.25, 0.3) is 5.91 Å². The van der Waals surface area contributed by atoms with Crippen molar-refractivity contribution in [2.45, 2.75) is 71.4 Å². The zero-order valence-corrected chi connectivity index (χ0v) is 21.8. The van der Waals surface area contributed by atoms with E-state index in [4.69, 9.17) is 4.74 Å². The van der Waals surface area contributed by atoms with Gasteiger partial charge in [0.1, 0.15) is 6.61 Å². The first kappa shape index (κ1) is 27.5. The van der Waals surface area contributed by atoms with Crippen LogP contribution in [0.25, 0.3) is 0 Å². The Morgan fingerprint density at radius 1 is 1.17 bits per heavy atom. The lowest BCUT2D eigenvalue weighted by atomic mass is 9.86. The van der Waals surface area contributed by atoms with E-state index in [1.54, 1.807) is 6.20 Å². The lowest BCUT2D eigenvalue weighted by molar-refractivity contribution is -0.141. The van der Waals surface area contributed by atoms with Crippen LogP contribution in [0.3, 0.4) is 0 Å². The number of rotatable bonds is 8. The van der Waals surface area contributed by atoms with Gasteiger partial charge in [-0.1, -0.05) is 50.6 Å². The fourth-order valence-corrected chi connectivity index (χ4v) is 5.07. The zero-order valence-electron chi connectivity index (χ0n) is 21.0. The van der Waals surface area contributed by atoms with Crippen molar-refractivity contribution in [3.63, 3.8) is 0 Å². The van der Waals surface area contributed by atoms with E-state index in [2.05, 4.69) is 15.0 Å². The van der Waals surface area contributed by atoms with Gasteiger partial charge in [-0.05, 0) is 60.7 Å². The minimum absolute atomic E-state index is 0.0878.